The molecule has 0 unspecified atom stereocenters. The Balaban J connectivity index is 1.47. The molecule has 2 aliphatic rings. The molecule has 4 heteroatoms. The summed E-state index contributed by atoms with van der Waals surface area (Å²) < 4.78 is 0. The summed E-state index contributed by atoms with van der Waals surface area (Å²) in [5.41, 5.74) is 3.55. The molecule has 2 amide bonds. The molecule has 2 aromatic rings. The van der Waals surface area contributed by atoms with Crippen molar-refractivity contribution >= 4 is 17.5 Å². The van der Waals surface area contributed by atoms with Crippen molar-refractivity contribution < 1.29 is 9.59 Å². The van der Waals surface area contributed by atoms with Crippen LogP contribution in [0.25, 0.3) is 0 Å². The molecule has 0 spiro atoms. The van der Waals surface area contributed by atoms with Gasteiger partial charge in [0.2, 0.25) is 11.8 Å². The number of amides is 2. The Morgan fingerprint density at radius 3 is 2.54 bits per heavy atom. The first-order valence-corrected chi connectivity index (χ1v) is 9.34. The fourth-order valence-corrected chi connectivity index (χ4v) is 3.72. The van der Waals surface area contributed by atoms with Gasteiger partial charge in [-0.3, -0.25) is 9.59 Å². The zero-order valence-corrected chi connectivity index (χ0v) is 15.1. The third kappa shape index (κ3) is 3.00. The van der Waals surface area contributed by atoms with Gasteiger partial charge in [0.15, 0.2) is 0 Å². The van der Waals surface area contributed by atoms with Crippen LogP contribution in [-0.4, -0.2) is 18.4 Å². The molecule has 1 saturated carbocycles. The van der Waals surface area contributed by atoms with E-state index in [9.17, 15) is 9.59 Å². The molecule has 4 nitrogen and oxygen atoms in total. The second kappa shape index (κ2) is 6.60. The molecule has 1 heterocycles. The highest BCUT2D eigenvalue weighted by Gasteiger charge is 2.58. The third-order valence-electron chi connectivity index (χ3n) is 5.52. The summed E-state index contributed by atoms with van der Waals surface area (Å²) in [5, 5.41) is 2.98. The number of benzene rings is 2. The summed E-state index contributed by atoms with van der Waals surface area (Å²) in [7, 11) is 0. The maximum absolute atomic E-state index is 13.2. The lowest BCUT2D eigenvalue weighted by Crippen LogP contribution is -2.47. The molecule has 0 bridgehead atoms. The Morgan fingerprint density at radius 1 is 1.08 bits per heavy atom. The van der Waals surface area contributed by atoms with Crippen LogP contribution >= 0.6 is 0 Å². The van der Waals surface area contributed by atoms with Crippen LogP contribution in [0.15, 0.2) is 48.5 Å². The standard InChI is InChI=1S/C22H24N2O2/c1-16-8-10-17(11-9-16)15-23-20(25)22(12-13-22)21(26)24-14-4-6-18-5-2-3-7-19(18)24/h2-3,5,7-11H,4,6,12-15H2,1H3,(H,23,25). The second-order valence-electron chi connectivity index (χ2n) is 7.44. The Hall–Kier alpha value is -2.62. The van der Waals surface area contributed by atoms with E-state index in [-0.39, 0.29) is 11.8 Å². The van der Waals surface area contributed by atoms with E-state index in [4.69, 9.17) is 0 Å². The molecule has 1 aliphatic carbocycles. The van der Waals surface area contributed by atoms with Gasteiger partial charge >= 0.3 is 0 Å². The number of aryl methyl sites for hydroxylation is 2. The van der Waals surface area contributed by atoms with Crippen molar-refractivity contribution in [1.29, 1.82) is 0 Å². The van der Waals surface area contributed by atoms with E-state index in [0.29, 0.717) is 25.9 Å². The van der Waals surface area contributed by atoms with Gasteiger partial charge in [0.25, 0.3) is 0 Å². The van der Waals surface area contributed by atoms with Crippen molar-refractivity contribution in [3.05, 3.63) is 65.2 Å². The molecule has 0 saturated heterocycles. The van der Waals surface area contributed by atoms with Crippen molar-refractivity contribution in [2.24, 2.45) is 5.41 Å². The predicted octanol–water partition coefficient (Wildman–Crippen LogP) is 3.37. The number of rotatable bonds is 4. The van der Waals surface area contributed by atoms with Gasteiger partial charge in [-0.15, -0.1) is 0 Å². The van der Waals surface area contributed by atoms with Crippen molar-refractivity contribution in [1.82, 2.24) is 5.32 Å². The molecule has 2 aromatic carbocycles. The molecule has 26 heavy (non-hydrogen) atoms. The average Bonchev–Trinajstić information content (AvgIpc) is 3.48. The molecular formula is C22H24N2O2. The third-order valence-corrected chi connectivity index (χ3v) is 5.52. The molecular weight excluding hydrogens is 324 g/mol. The van der Waals surface area contributed by atoms with Gasteiger partial charge in [0.05, 0.1) is 0 Å². The number of fused-ring (bicyclic) bond motifs is 1. The van der Waals surface area contributed by atoms with E-state index < -0.39 is 5.41 Å². The van der Waals surface area contributed by atoms with Gasteiger partial charge < -0.3 is 10.2 Å². The number of hydrogen-bond donors (Lipinski definition) is 1. The number of carbonyl (C=O) groups excluding carboxylic acids is 2. The molecule has 1 aliphatic heterocycles. The maximum Gasteiger partial charge on any atom is 0.242 e. The zero-order chi connectivity index (χ0) is 18.1. The summed E-state index contributed by atoms with van der Waals surface area (Å²) >= 11 is 0. The maximum atomic E-state index is 13.2. The van der Waals surface area contributed by atoms with Crippen molar-refractivity contribution in [2.75, 3.05) is 11.4 Å². The molecule has 0 radical (unpaired) electrons. The predicted molar refractivity (Wildman–Crippen MR) is 102 cm³/mol. The number of nitrogens with one attached hydrogen (secondary N) is 1. The number of anilines is 1. The topological polar surface area (TPSA) is 49.4 Å². The Morgan fingerprint density at radius 2 is 1.81 bits per heavy atom. The van der Waals surface area contributed by atoms with Crippen LogP contribution in [-0.2, 0) is 22.6 Å². The van der Waals surface area contributed by atoms with Gasteiger partial charge in [0.1, 0.15) is 5.41 Å². The van der Waals surface area contributed by atoms with Crippen molar-refractivity contribution in [2.45, 2.75) is 39.2 Å². The quantitative estimate of drug-likeness (QED) is 0.861. The molecule has 4 rings (SSSR count). The van der Waals surface area contributed by atoms with E-state index in [0.717, 1.165) is 24.1 Å². The Kier molecular flexibility index (Phi) is 4.27. The van der Waals surface area contributed by atoms with Crippen molar-refractivity contribution in [3.63, 3.8) is 0 Å². The Labute approximate surface area is 154 Å². The monoisotopic (exact) mass is 348 g/mol. The van der Waals surface area contributed by atoms with Gasteiger partial charge in [-0.1, -0.05) is 48.0 Å². The number of carbonyl (C=O) groups is 2. The minimum absolute atomic E-state index is 0.0361. The highest BCUT2D eigenvalue weighted by molar-refractivity contribution is 6.14. The largest absolute Gasteiger partial charge is 0.351 e. The second-order valence-corrected chi connectivity index (χ2v) is 7.44. The number of nitrogens with zero attached hydrogens (tertiary/aromatic N) is 1. The van der Waals surface area contributed by atoms with Crippen LogP contribution in [0, 0.1) is 12.3 Å². The molecule has 0 atom stereocenters. The summed E-state index contributed by atoms with van der Waals surface area (Å²) in [4.78, 5) is 27.8. The van der Waals surface area contributed by atoms with E-state index in [1.165, 1.54) is 11.1 Å². The smallest absolute Gasteiger partial charge is 0.242 e. The van der Waals surface area contributed by atoms with E-state index in [1.54, 1.807) is 0 Å². The summed E-state index contributed by atoms with van der Waals surface area (Å²) in [6.07, 6.45) is 3.23. The fraction of sp³-hybridized carbons (Fsp3) is 0.364. The highest BCUT2D eigenvalue weighted by atomic mass is 16.2. The van der Waals surface area contributed by atoms with Crippen molar-refractivity contribution in [3.8, 4) is 0 Å². The summed E-state index contributed by atoms with van der Waals surface area (Å²) in [6, 6.07) is 16.1. The van der Waals surface area contributed by atoms with Crippen LogP contribution in [0.3, 0.4) is 0 Å². The first kappa shape index (κ1) is 16.8. The zero-order valence-electron chi connectivity index (χ0n) is 15.1. The van der Waals surface area contributed by atoms with Gasteiger partial charge in [-0.25, -0.2) is 0 Å². The first-order chi connectivity index (χ1) is 12.6. The summed E-state index contributed by atoms with van der Waals surface area (Å²) in [6.45, 7) is 3.20. The van der Waals surface area contributed by atoms with Crippen LogP contribution in [0.1, 0.15) is 36.0 Å². The average molecular weight is 348 g/mol. The summed E-state index contributed by atoms with van der Waals surface area (Å²) in [5.74, 6) is -0.169. The lowest BCUT2D eigenvalue weighted by Gasteiger charge is -2.32. The van der Waals surface area contributed by atoms with E-state index >= 15 is 0 Å². The lowest BCUT2D eigenvalue weighted by molar-refractivity contribution is -0.135. The van der Waals surface area contributed by atoms with Gasteiger partial charge in [-0.2, -0.15) is 0 Å². The number of para-hydroxylation sites is 1. The fourth-order valence-electron chi connectivity index (χ4n) is 3.72. The first-order valence-electron chi connectivity index (χ1n) is 9.34. The van der Waals surface area contributed by atoms with E-state index in [1.807, 2.05) is 54.3 Å². The molecule has 1 fully saturated rings. The Bertz CT molecular complexity index is 837. The molecule has 134 valence electrons. The molecule has 0 aromatic heterocycles. The highest BCUT2D eigenvalue weighted by Crippen LogP contribution is 2.49. The van der Waals surface area contributed by atoms with Gasteiger partial charge in [-0.05, 0) is 49.8 Å². The normalized spacial score (nSPS) is 17.3. The minimum atomic E-state index is -0.866. The van der Waals surface area contributed by atoms with Crippen LogP contribution < -0.4 is 10.2 Å². The molecule has 1 N–H and O–H groups in total. The van der Waals surface area contributed by atoms with Crippen LogP contribution in [0.4, 0.5) is 5.69 Å². The van der Waals surface area contributed by atoms with Crippen LogP contribution in [0.5, 0.6) is 0 Å². The van der Waals surface area contributed by atoms with Crippen LogP contribution in [0.2, 0.25) is 0 Å². The van der Waals surface area contributed by atoms with Gasteiger partial charge in [0, 0.05) is 18.8 Å². The SMILES string of the molecule is Cc1ccc(CNC(=O)C2(C(=O)N3CCCc4ccccc43)CC2)cc1. The minimum Gasteiger partial charge on any atom is -0.351 e. The van der Waals surface area contributed by atoms with E-state index in [2.05, 4.69) is 11.4 Å². The number of hydrogen-bond acceptors (Lipinski definition) is 2. The lowest BCUT2D eigenvalue weighted by atomic mass is 9.97.